The van der Waals surface area contributed by atoms with Crippen LogP contribution in [0.5, 0.6) is 0 Å². The number of pyridine rings is 1. The third-order valence-corrected chi connectivity index (χ3v) is 3.76. The Kier molecular flexibility index (Phi) is 4.39. The van der Waals surface area contributed by atoms with Crippen molar-refractivity contribution in [3.63, 3.8) is 0 Å². The van der Waals surface area contributed by atoms with Crippen molar-refractivity contribution < 1.29 is 4.79 Å². The van der Waals surface area contributed by atoms with E-state index in [2.05, 4.69) is 41.3 Å². The van der Waals surface area contributed by atoms with Crippen molar-refractivity contribution in [2.45, 2.75) is 39.8 Å². The number of amides is 1. The standard InChI is InChI=1S/C18H22N6O/c1-13-10-15(22-24(13)18(2,3)4)17(25)20-12-14-6-8-19-16(11-14)23-9-5-7-21-23/h5-11H,12H2,1-4H3,(H,20,25). The lowest BCUT2D eigenvalue weighted by Crippen LogP contribution is -2.27. The van der Waals surface area contributed by atoms with Gasteiger partial charge >= 0.3 is 0 Å². The number of nitrogens with zero attached hydrogens (tertiary/aromatic N) is 5. The molecule has 0 saturated carbocycles. The third kappa shape index (κ3) is 3.76. The zero-order chi connectivity index (χ0) is 18.0. The zero-order valence-corrected chi connectivity index (χ0v) is 14.9. The lowest BCUT2D eigenvalue weighted by Gasteiger charge is -2.21. The molecule has 7 heteroatoms. The van der Waals surface area contributed by atoms with E-state index in [-0.39, 0.29) is 11.4 Å². The lowest BCUT2D eigenvalue weighted by atomic mass is 10.1. The maximum Gasteiger partial charge on any atom is 0.272 e. The molecule has 0 aliphatic rings. The van der Waals surface area contributed by atoms with Crippen LogP contribution in [0.25, 0.3) is 5.82 Å². The first-order valence-corrected chi connectivity index (χ1v) is 8.15. The molecule has 0 unspecified atom stereocenters. The lowest BCUT2D eigenvalue weighted by molar-refractivity contribution is 0.0944. The molecule has 0 aliphatic carbocycles. The van der Waals surface area contributed by atoms with Crippen LogP contribution in [-0.2, 0) is 12.1 Å². The van der Waals surface area contributed by atoms with E-state index in [1.165, 1.54) is 0 Å². The molecule has 0 radical (unpaired) electrons. The van der Waals surface area contributed by atoms with Crippen LogP contribution < -0.4 is 5.32 Å². The Bertz CT molecular complexity index is 873. The highest BCUT2D eigenvalue weighted by Gasteiger charge is 2.20. The minimum Gasteiger partial charge on any atom is -0.347 e. The molecule has 3 aromatic rings. The van der Waals surface area contributed by atoms with Crippen LogP contribution in [0.2, 0.25) is 0 Å². The van der Waals surface area contributed by atoms with Gasteiger partial charge in [-0.3, -0.25) is 9.48 Å². The molecule has 1 amide bonds. The fourth-order valence-corrected chi connectivity index (χ4v) is 2.64. The zero-order valence-electron chi connectivity index (χ0n) is 14.9. The molecule has 0 aliphatic heterocycles. The van der Waals surface area contributed by atoms with E-state index in [0.29, 0.717) is 18.1 Å². The number of aryl methyl sites for hydroxylation is 1. The molecular weight excluding hydrogens is 316 g/mol. The maximum atomic E-state index is 12.4. The van der Waals surface area contributed by atoms with Crippen LogP contribution in [0, 0.1) is 6.92 Å². The Hall–Kier alpha value is -2.96. The van der Waals surface area contributed by atoms with Crippen molar-refractivity contribution in [2.75, 3.05) is 0 Å². The van der Waals surface area contributed by atoms with Crippen molar-refractivity contribution in [2.24, 2.45) is 0 Å². The molecule has 0 saturated heterocycles. The summed E-state index contributed by atoms with van der Waals surface area (Å²) in [5.74, 6) is 0.521. The molecular formula is C18H22N6O. The largest absolute Gasteiger partial charge is 0.347 e. The van der Waals surface area contributed by atoms with Crippen LogP contribution >= 0.6 is 0 Å². The predicted molar refractivity (Wildman–Crippen MR) is 94.5 cm³/mol. The molecule has 3 aromatic heterocycles. The van der Waals surface area contributed by atoms with Gasteiger partial charge in [0.25, 0.3) is 5.91 Å². The van der Waals surface area contributed by atoms with Crippen molar-refractivity contribution in [3.05, 3.63) is 59.8 Å². The van der Waals surface area contributed by atoms with Crippen LogP contribution in [0.1, 0.15) is 42.5 Å². The minimum atomic E-state index is -0.191. The quantitative estimate of drug-likeness (QED) is 0.793. The molecule has 0 fully saturated rings. The van der Waals surface area contributed by atoms with Crippen molar-refractivity contribution >= 4 is 5.91 Å². The Morgan fingerprint density at radius 3 is 2.68 bits per heavy atom. The highest BCUT2D eigenvalue weighted by molar-refractivity contribution is 5.92. The molecule has 0 aromatic carbocycles. The summed E-state index contributed by atoms with van der Waals surface area (Å²) in [5, 5.41) is 11.5. The predicted octanol–water partition coefficient (Wildman–Crippen LogP) is 2.46. The van der Waals surface area contributed by atoms with E-state index in [4.69, 9.17) is 0 Å². The van der Waals surface area contributed by atoms with Gasteiger partial charge in [0.05, 0.1) is 5.54 Å². The van der Waals surface area contributed by atoms with Crippen molar-refractivity contribution in [1.29, 1.82) is 0 Å². The number of hydrogen-bond acceptors (Lipinski definition) is 4. The first-order valence-electron chi connectivity index (χ1n) is 8.15. The third-order valence-electron chi connectivity index (χ3n) is 3.76. The summed E-state index contributed by atoms with van der Waals surface area (Å²) < 4.78 is 3.55. The summed E-state index contributed by atoms with van der Waals surface area (Å²) >= 11 is 0. The smallest absolute Gasteiger partial charge is 0.272 e. The fraction of sp³-hybridized carbons (Fsp3) is 0.333. The summed E-state index contributed by atoms with van der Waals surface area (Å²) in [6.07, 6.45) is 5.23. The Morgan fingerprint density at radius 2 is 2.04 bits per heavy atom. The van der Waals surface area contributed by atoms with E-state index in [9.17, 15) is 4.79 Å². The van der Waals surface area contributed by atoms with Gasteiger partial charge in [-0.1, -0.05) is 0 Å². The average molecular weight is 338 g/mol. The van der Waals surface area contributed by atoms with Crippen molar-refractivity contribution in [3.8, 4) is 5.82 Å². The second-order valence-electron chi connectivity index (χ2n) is 6.91. The molecule has 3 rings (SSSR count). The van der Waals surface area contributed by atoms with E-state index >= 15 is 0 Å². The molecule has 130 valence electrons. The monoisotopic (exact) mass is 338 g/mol. The fourth-order valence-electron chi connectivity index (χ4n) is 2.64. The highest BCUT2D eigenvalue weighted by Crippen LogP contribution is 2.16. The summed E-state index contributed by atoms with van der Waals surface area (Å²) in [6, 6.07) is 7.41. The molecule has 0 bridgehead atoms. The maximum absolute atomic E-state index is 12.4. The molecule has 1 N–H and O–H groups in total. The second kappa shape index (κ2) is 6.51. The van der Waals surface area contributed by atoms with Gasteiger partial charge in [0, 0.05) is 30.8 Å². The van der Waals surface area contributed by atoms with Crippen LogP contribution in [0.3, 0.4) is 0 Å². The first kappa shape index (κ1) is 16.9. The van der Waals surface area contributed by atoms with E-state index in [1.807, 2.05) is 42.1 Å². The average Bonchev–Trinajstić information content (AvgIpc) is 3.22. The number of rotatable bonds is 4. The van der Waals surface area contributed by atoms with E-state index in [1.54, 1.807) is 17.1 Å². The van der Waals surface area contributed by atoms with E-state index in [0.717, 1.165) is 11.3 Å². The number of nitrogens with one attached hydrogen (secondary N) is 1. The summed E-state index contributed by atoms with van der Waals surface area (Å²) in [6.45, 7) is 8.53. The number of hydrogen-bond donors (Lipinski definition) is 1. The van der Waals surface area contributed by atoms with Gasteiger partial charge in [-0.15, -0.1) is 0 Å². The topological polar surface area (TPSA) is 77.6 Å². The van der Waals surface area contributed by atoms with E-state index < -0.39 is 0 Å². The normalized spacial score (nSPS) is 11.5. The van der Waals surface area contributed by atoms with Crippen LogP contribution in [-0.4, -0.2) is 30.5 Å². The van der Waals surface area contributed by atoms with Gasteiger partial charge in [0.2, 0.25) is 0 Å². The molecule has 3 heterocycles. The number of carbonyl (C=O) groups excluding carboxylic acids is 1. The summed E-state index contributed by atoms with van der Waals surface area (Å²) in [5.41, 5.74) is 2.17. The minimum absolute atomic E-state index is 0.160. The Balaban J connectivity index is 1.70. The molecule has 7 nitrogen and oxygen atoms in total. The Morgan fingerprint density at radius 1 is 1.24 bits per heavy atom. The second-order valence-corrected chi connectivity index (χ2v) is 6.91. The van der Waals surface area contributed by atoms with Crippen molar-refractivity contribution in [1.82, 2.24) is 29.9 Å². The summed E-state index contributed by atoms with van der Waals surface area (Å²) in [4.78, 5) is 16.7. The van der Waals surface area contributed by atoms with Crippen LogP contribution in [0.4, 0.5) is 0 Å². The Labute approximate surface area is 146 Å². The van der Waals surface area contributed by atoms with Gasteiger partial charge in [0.1, 0.15) is 5.69 Å². The van der Waals surface area contributed by atoms with Crippen LogP contribution in [0.15, 0.2) is 42.9 Å². The first-order chi connectivity index (χ1) is 11.8. The highest BCUT2D eigenvalue weighted by atomic mass is 16.1. The number of aromatic nitrogens is 5. The van der Waals surface area contributed by atoms with Gasteiger partial charge in [-0.25, -0.2) is 9.67 Å². The molecule has 0 atom stereocenters. The SMILES string of the molecule is Cc1cc(C(=O)NCc2ccnc(-n3cccn3)c2)nn1C(C)(C)C. The number of carbonyl (C=O) groups is 1. The molecule has 25 heavy (non-hydrogen) atoms. The summed E-state index contributed by atoms with van der Waals surface area (Å²) in [7, 11) is 0. The van der Waals surface area contributed by atoms with Gasteiger partial charge in [-0.05, 0) is 57.5 Å². The van der Waals surface area contributed by atoms with Gasteiger partial charge < -0.3 is 5.32 Å². The van der Waals surface area contributed by atoms with Gasteiger partial charge in [-0.2, -0.15) is 10.2 Å². The molecule has 0 spiro atoms. The van der Waals surface area contributed by atoms with Gasteiger partial charge in [0.15, 0.2) is 5.82 Å².